The molecule has 0 aliphatic rings. The zero-order valence-electron chi connectivity index (χ0n) is 12.7. The molecule has 1 rings (SSSR count). The van der Waals surface area contributed by atoms with Gasteiger partial charge in [0.1, 0.15) is 0 Å². The van der Waals surface area contributed by atoms with E-state index in [1.165, 1.54) is 29.5 Å². The van der Waals surface area contributed by atoms with Gasteiger partial charge < -0.3 is 5.32 Å². The third-order valence-electron chi connectivity index (χ3n) is 3.85. The number of hydrogen-bond donors (Lipinski definition) is 1. The highest BCUT2D eigenvalue weighted by Crippen LogP contribution is 2.19. The molecule has 1 atom stereocenters. The third kappa shape index (κ3) is 4.81. The number of rotatable bonds is 7. The van der Waals surface area contributed by atoms with Gasteiger partial charge >= 0.3 is 0 Å². The van der Waals surface area contributed by atoms with Crippen LogP contribution < -0.4 is 5.32 Å². The molecule has 0 fully saturated rings. The molecule has 1 unspecified atom stereocenters. The lowest BCUT2D eigenvalue weighted by molar-refractivity contribution is 0.417. The van der Waals surface area contributed by atoms with Gasteiger partial charge in [-0.3, -0.25) is 0 Å². The Labute approximate surface area is 113 Å². The molecule has 0 bridgehead atoms. The second-order valence-electron chi connectivity index (χ2n) is 5.86. The minimum Gasteiger partial charge on any atom is -0.313 e. The highest BCUT2D eigenvalue weighted by molar-refractivity contribution is 5.31. The van der Waals surface area contributed by atoms with Gasteiger partial charge in [-0.05, 0) is 54.8 Å². The second kappa shape index (κ2) is 7.58. The quantitative estimate of drug-likeness (QED) is 0.707. The molecule has 1 heteroatoms. The summed E-state index contributed by atoms with van der Waals surface area (Å²) in [7, 11) is 0. The van der Waals surface area contributed by atoms with Gasteiger partial charge in [-0.25, -0.2) is 0 Å². The fourth-order valence-electron chi connectivity index (χ4n) is 2.05. The van der Waals surface area contributed by atoms with E-state index in [1.807, 2.05) is 0 Å². The topological polar surface area (TPSA) is 12.0 Å². The number of nitrogens with one attached hydrogen (secondary N) is 1. The van der Waals surface area contributed by atoms with Crippen molar-refractivity contribution in [3.63, 3.8) is 0 Å². The summed E-state index contributed by atoms with van der Waals surface area (Å²) in [5.41, 5.74) is 4.34. The average Bonchev–Trinajstić information content (AvgIpc) is 2.33. The molecular weight excluding hydrogens is 218 g/mol. The zero-order valence-corrected chi connectivity index (χ0v) is 12.7. The van der Waals surface area contributed by atoms with Gasteiger partial charge in [0.2, 0.25) is 0 Å². The Morgan fingerprint density at radius 3 is 2.50 bits per heavy atom. The lowest BCUT2D eigenvalue weighted by atomic mass is 9.90. The molecule has 1 N–H and O–H groups in total. The highest BCUT2D eigenvalue weighted by Gasteiger charge is 2.09. The first-order chi connectivity index (χ1) is 8.54. The smallest absolute Gasteiger partial charge is 0.0208 e. The van der Waals surface area contributed by atoms with Crippen LogP contribution >= 0.6 is 0 Å². The van der Waals surface area contributed by atoms with Gasteiger partial charge in [0.05, 0.1) is 0 Å². The van der Waals surface area contributed by atoms with Crippen LogP contribution in [0.5, 0.6) is 0 Å². The van der Waals surface area contributed by atoms with Gasteiger partial charge in [-0.15, -0.1) is 0 Å². The van der Waals surface area contributed by atoms with Crippen LogP contribution in [-0.2, 0) is 13.0 Å². The number of aryl methyl sites for hydroxylation is 1. The van der Waals surface area contributed by atoms with Crippen LogP contribution in [0.1, 0.15) is 50.8 Å². The lowest BCUT2D eigenvalue weighted by Gasteiger charge is -2.17. The Morgan fingerprint density at radius 1 is 1.17 bits per heavy atom. The van der Waals surface area contributed by atoms with E-state index in [9.17, 15) is 0 Å². The van der Waals surface area contributed by atoms with E-state index < -0.39 is 0 Å². The van der Waals surface area contributed by atoms with Crippen molar-refractivity contribution < 1.29 is 0 Å². The summed E-state index contributed by atoms with van der Waals surface area (Å²) in [6.07, 6.45) is 2.39. The summed E-state index contributed by atoms with van der Waals surface area (Å²) in [5.74, 6) is 1.51. The van der Waals surface area contributed by atoms with Gasteiger partial charge in [0, 0.05) is 6.54 Å². The second-order valence-corrected chi connectivity index (χ2v) is 5.86. The van der Waals surface area contributed by atoms with E-state index in [4.69, 9.17) is 0 Å². The molecule has 0 aromatic heterocycles. The molecule has 0 spiro atoms. The Balaban J connectivity index is 2.67. The van der Waals surface area contributed by atoms with Crippen molar-refractivity contribution in [3.8, 4) is 0 Å². The fourth-order valence-corrected chi connectivity index (χ4v) is 2.05. The standard InChI is InChI=1S/C17H29N/c1-6-9-18-12-17-11-16(8-7-14(17)4)10-15(5)13(2)3/h7-8,11,13,15,18H,6,9-10,12H2,1-5H3. The summed E-state index contributed by atoms with van der Waals surface area (Å²) in [6.45, 7) is 13.5. The van der Waals surface area contributed by atoms with Crippen LogP contribution in [0, 0.1) is 18.8 Å². The maximum absolute atomic E-state index is 3.50. The molecule has 0 radical (unpaired) electrons. The maximum Gasteiger partial charge on any atom is 0.0208 e. The van der Waals surface area contributed by atoms with Crippen molar-refractivity contribution in [3.05, 3.63) is 34.9 Å². The molecule has 0 heterocycles. The average molecular weight is 247 g/mol. The van der Waals surface area contributed by atoms with Crippen molar-refractivity contribution in [2.24, 2.45) is 11.8 Å². The minimum absolute atomic E-state index is 0.754. The fraction of sp³-hybridized carbons (Fsp3) is 0.647. The normalized spacial score (nSPS) is 13.0. The lowest BCUT2D eigenvalue weighted by Crippen LogP contribution is -2.15. The van der Waals surface area contributed by atoms with Crippen LogP contribution in [0.3, 0.4) is 0 Å². The summed E-state index contributed by atoms with van der Waals surface area (Å²) in [4.78, 5) is 0. The predicted molar refractivity (Wildman–Crippen MR) is 80.9 cm³/mol. The molecule has 102 valence electrons. The summed E-state index contributed by atoms with van der Waals surface area (Å²) >= 11 is 0. The molecular formula is C17H29N. The van der Waals surface area contributed by atoms with Gasteiger partial charge in [0.15, 0.2) is 0 Å². The van der Waals surface area contributed by atoms with Crippen LogP contribution in [-0.4, -0.2) is 6.54 Å². The van der Waals surface area contributed by atoms with E-state index in [0.717, 1.165) is 24.9 Å². The van der Waals surface area contributed by atoms with Crippen LogP contribution in [0.15, 0.2) is 18.2 Å². The minimum atomic E-state index is 0.754. The van der Waals surface area contributed by atoms with Crippen LogP contribution in [0.25, 0.3) is 0 Å². The maximum atomic E-state index is 3.50. The summed E-state index contributed by atoms with van der Waals surface area (Å²) in [6, 6.07) is 6.94. The first-order valence-corrected chi connectivity index (χ1v) is 7.33. The molecule has 0 saturated carbocycles. The summed E-state index contributed by atoms with van der Waals surface area (Å²) in [5, 5.41) is 3.50. The van der Waals surface area contributed by atoms with Gasteiger partial charge in [-0.1, -0.05) is 45.9 Å². The van der Waals surface area contributed by atoms with E-state index in [2.05, 4.69) is 58.1 Å². The van der Waals surface area contributed by atoms with E-state index >= 15 is 0 Å². The Hall–Kier alpha value is -0.820. The predicted octanol–water partition coefficient (Wildman–Crippen LogP) is 4.33. The van der Waals surface area contributed by atoms with E-state index in [0.29, 0.717) is 0 Å². The third-order valence-corrected chi connectivity index (χ3v) is 3.85. The Morgan fingerprint density at radius 2 is 1.89 bits per heavy atom. The zero-order chi connectivity index (χ0) is 13.5. The van der Waals surface area contributed by atoms with Crippen molar-refractivity contribution >= 4 is 0 Å². The van der Waals surface area contributed by atoms with Crippen LogP contribution in [0.4, 0.5) is 0 Å². The van der Waals surface area contributed by atoms with Crippen LogP contribution in [0.2, 0.25) is 0 Å². The van der Waals surface area contributed by atoms with Crippen molar-refractivity contribution in [1.29, 1.82) is 0 Å². The molecule has 0 aliphatic carbocycles. The number of hydrogen-bond acceptors (Lipinski definition) is 1. The highest BCUT2D eigenvalue weighted by atomic mass is 14.8. The SMILES string of the molecule is CCCNCc1cc(CC(C)C(C)C)ccc1C. The first kappa shape index (κ1) is 15.2. The molecule has 1 aromatic rings. The Bertz CT molecular complexity index is 355. The molecule has 0 saturated heterocycles. The Kier molecular flexibility index (Phi) is 6.42. The molecule has 18 heavy (non-hydrogen) atoms. The van der Waals surface area contributed by atoms with Crippen molar-refractivity contribution in [2.75, 3.05) is 6.54 Å². The molecule has 1 nitrogen and oxygen atoms in total. The summed E-state index contributed by atoms with van der Waals surface area (Å²) < 4.78 is 0. The van der Waals surface area contributed by atoms with E-state index in [1.54, 1.807) is 0 Å². The van der Waals surface area contributed by atoms with Crippen molar-refractivity contribution in [2.45, 2.75) is 54.0 Å². The van der Waals surface area contributed by atoms with Gasteiger partial charge in [0.25, 0.3) is 0 Å². The number of benzene rings is 1. The molecule has 1 aromatic carbocycles. The monoisotopic (exact) mass is 247 g/mol. The van der Waals surface area contributed by atoms with E-state index in [-0.39, 0.29) is 0 Å². The van der Waals surface area contributed by atoms with Gasteiger partial charge in [-0.2, -0.15) is 0 Å². The largest absolute Gasteiger partial charge is 0.313 e. The molecule has 0 aliphatic heterocycles. The first-order valence-electron chi connectivity index (χ1n) is 7.33. The molecule has 0 amide bonds. The van der Waals surface area contributed by atoms with Crippen molar-refractivity contribution in [1.82, 2.24) is 5.32 Å².